The molecule has 0 aromatic rings. The Labute approximate surface area is 140 Å². The minimum absolute atomic E-state index is 0.0853. The molecule has 1 aliphatic heterocycles. The molecule has 0 bridgehead atoms. The zero-order valence-electron chi connectivity index (χ0n) is 14.8. The Hall–Kier alpha value is -0.340. The van der Waals surface area contributed by atoms with E-state index in [4.69, 9.17) is 4.74 Å². The number of fused-ring (bicyclic) bond motifs is 6. The van der Waals surface area contributed by atoms with E-state index in [2.05, 4.69) is 19.9 Å². The first kappa shape index (κ1) is 15.0. The van der Waals surface area contributed by atoms with Gasteiger partial charge in [-0.1, -0.05) is 25.5 Å². The van der Waals surface area contributed by atoms with Crippen molar-refractivity contribution < 1.29 is 9.84 Å². The summed E-state index contributed by atoms with van der Waals surface area (Å²) in [5.74, 6) is 2.58. The Morgan fingerprint density at radius 2 is 1.83 bits per heavy atom. The maximum Gasteiger partial charge on any atom is 0.0760 e. The first-order valence-corrected chi connectivity index (χ1v) is 10.0. The van der Waals surface area contributed by atoms with E-state index < -0.39 is 0 Å². The molecule has 1 saturated heterocycles. The van der Waals surface area contributed by atoms with Crippen molar-refractivity contribution in [3.63, 3.8) is 0 Å². The van der Waals surface area contributed by atoms with Crippen molar-refractivity contribution in [2.24, 2.45) is 28.6 Å². The third-order valence-electron chi connectivity index (χ3n) is 9.25. The maximum atomic E-state index is 10.1. The van der Waals surface area contributed by atoms with E-state index in [1.54, 1.807) is 5.57 Å². The summed E-state index contributed by atoms with van der Waals surface area (Å²) >= 11 is 0. The monoisotopic (exact) mass is 316 g/mol. The molecule has 5 rings (SSSR count). The van der Waals surface area contributed by atoms with E-state index in [-0.39, 0.29) is 11.7 Å². The van der Waals surface area contributed by atoms with Crippen molar-refractivity contribution in [2.75, 3.05) is 6.61 Å². The van der Waals surface area contributed by atoms with Gasteiger partial charge in [-0.05, 0) is 80.0 Å². The van der Waals surface area contributed by atoms with Crippen LogP contribution in [0, 0.1) is 28.6 Å². The first-order valence-electron chi connectivity index (χ1n) is 10.0. The zero-order valence-corrected chi connectivity index (χ0v) is 14.8. The Kier molecular flexibility index (Phi) is 3.01. The third-order valence-corrected chi connectivity index (χ3v) is 9.25. The molecule has 0 radical (unpaired) electrons. The molecule has 7 atom stereocenters. The van der Waals surface area contributed by atoms with Gasteiger partial charge in [0.25, 0.3) is 0 Å². The number of aliphatic hydroxyl groups excluding tert-OH is 1. The summed E-state index contributed by atoms with van der Waals surface area (Å²) in [6.07, 6.45) is 13.6. The van der Waals surface area contributed by atoms with Crippen molar-refractivity contribution in [1.82, 2.24) is 0 Å². The SMILES string of the molecule is C[C@]12CC[C@@H](O)CC1=CC[C@@H]1[C@H]3CC[C@@]4(CCO4)[C@@]3(C)CC[C@@H]12. The second-order valence-electron chi connectivity index (χ2n) is 9.74. The van der Waals surface area contributed by atoms with Crippen LogP contribution in [0.1, 0.15) is 71.6 Å². The minimum atomic E-state index is -0.0853. The summed E-state index contributed by atoms with van der Waals surface area (Å²) in [6.45, 7) is 6.08. The molecular formula is C21H32O2. The van der Waals surface area contributed by atoms with E-state index >= 15 is 0 Å². The van der Waals surface area contributed by atoms with Crippen LogP contribution in [0.4, 0.5) is 0 Å². The molecule has 128 valence electrons. The molecule has 2 nitrogen and oxygen atoms in total. The summed E-state index contributed by atoms with van der Waals surface area (Å²) in [5.41, 5.74) is 2.65. The van der Waals surface area contributed by atoms with E-state index in [9.17, 15) is 5.11 Å². The molecule has 1 heterocycles. The van der Waals surface area contributed by atoms with Gasteiger partial charge in [0.15, 0.2) is 0 Å². The van der Waals surface area contributed by atoms with Gasteiger partial charge in [-0.3, -0.25) is 0 Å². The Morgan fingerprint density at radius 1 is 1.04 bits per heavy atom. The first-order chi connectivity index (χ1) is 11.0. The van der Waals surface area contributed by atoms with Crippen molar-refractivity contribution in [3.05, 3.63) is 11.6 Å². The Morgan fingerprint density at radius 3 is 2.57 bits per heavy atom. The molecular weight excluding hydrogens is 284 g/mol. The minimum Gasteiger partial charge on any atom is -0.393 e. The average Bonchev–Trinajstić information content (AvgIpc) is 2.81. The normalized spacial score (nSPS) is 58.0. The highest BCUT2D eigenvalue weighted by Crippen LogP contribution is 2.69. The molecule has 0 aromatic heterocycles. The molecule has 4 fully saturated rings. The second kappa shape index (κ2) is 4.64. The van der Waals surface area contributed by atoms with E-state index in [1.807, 2.05) is 0 Å². The third kappa shape index (κ3) is 1.73. The average molecular weight is 316 g/mol. The van der Waals surface area contributed by atoms with Gasteiger partial charge in [-0.15, -0.1) is 0 Å². The van der Waals surface area contributed by atoms with Crippen LogP contribution in [-0.4, -0.2) is 23.4 Å². The molecule has 23 heavy (non-hydrogen) atoms. The number of hydrogen-bond acceptors (Lipinski definition) is 2. The molecule has 1 N–H and O–H groups in total. The summed E-state index contributed by atoms with van der Waals surface area (Å²) in [5, 5.41) is 10.1. The van der Waals surface area contributed by atoms with Gasteiger partial charge in [0.05, 0.1) is 18.3 Å². The fourth-order valence-corrected chi connectivity index (χ4v) is 7.73. The van der Waals surface area contributed by atoms with Crippen LogP contribution in [-0.2, 0) is 4.74 Å². The van der Waals surface area contributed by atoms with Crippen LogP contribution in [0.25, 0.3) is 0 Å². The summed E-state index contributed by atoms with van der Waals surface area (Å²) in [7, 11) is 0. The molecule has 0 amide bonds. The molecule has 0 unspecified atom stereocenters. The highest BCUT2D eigenvalue weighted by Gasteiger charge is 2.66. The van der Waals surface area contributed by atoms with Gasteiger partial charge >= 0.3 is 0 Å². The predicted octanol–water partition coefficient (Wildman–Crippen LogP) is 4.47. The zero-order chi connectivity index (χ0) is 15.9. The Bertz CT molecular complexity index is 548. The molecule has 4 aliphatic carbocycles. The van der Waals surface area contributed by atoms with Gasteiger partial charge in [0, 0.05) is 6.42 Å². The molecule has 0 aromatic carbocycles. The van der Waals surface area contributed by atoms with Crippen LogP contribution in [0.3, 0.4) is 0 Å². The topological polar surface area (TPSA) is 29.5 Å². The highest BCUT2D eigenvalue weighted by molar-refractivity contribution is 5.26. The summed E-state index contributed by atoms with van der Waals surface area (Å²) in [4.78, 5) is 0. The van der Waals surface area contributed by atoms with Gasteiger partial charge in [-0.25, -0.2) is 0 Å². The lowest BCUT2D eigenvalue weighted by atomic mass is 9.46. The standard InChI is InChI=1S/C21H32O2/c1-19-8-5-15(22)13-14(19)3-4-16-17(19)6-9-20(2)18(16)7-10-21(20)11-12-23-21/h3,15-18,22H,4-13H2,1-2H3/t15-,16+,17+,18-,19+,20+,21-/m1/s1. The van der Waals surface area contributed by atoms with Gasteiger partial charge in [0.2, 0.25) is 0 Å². The number of aliphatic hydroxyl groups is 1. The van der Waals surface area contributed by atoms with E-state index in [0.717, 1.165) is 37.2 Å². The van der Waals surface area contributed by atoms with Crippen LogP contribution in [0.5, 0.6) is 0 Å². The Balaban J connectivity index is 1.49. The van der Waals surface area contributed by atoms with Gasteiger partial charge < -0.3 is 9.84 Å². The quantitative estimate of drug-likeness (QED) is 0.668. The highest BCUT2D eigenvalue weighted by atomic mass is 16.5. The number of allylic oxidation sites excluding steroid dienone is 1. The summed E-state index contributed by atoms with van der Waals surface area (Å²) < 4.78 is 6.23. The number of ether oxygens (including phenoxy) is 1. The second-order valence-corrected chi connectivity index (χ2v) is 9.74. The van der Waals surface area contributed by atoms with Crippen molar-refractivity contribution >= 4 is 0 Å². The lowest BCUT2D eigenvalue weighted by Gasteiger charge is -2.61. The molecule has 1 spiro atoms. The van der Waals surface area contributed by atoms with Crippen molar-refractivity contribution in [2.45, 2.75) is 83.3 Å². The predicted molar refractivity (Wildman–Crippen MR) is 91.0 cm³/mol. The smallest absolute Gasteiger partial charge is 0.0760 e. The molecule has 5 aliphatic rings. The number of rotatable bonds is 0. The van der Waals surface area contributed by atoms with Crippen LogP contribution in [0.2, 0.25) is 0 Å². The number of hydrogen-bond donors (Lipinski definition) is 1. The maximum absolute atomic E-state index is 10.1. The van der Waals surface area contributed by atoms with E-state index in [1.165, 1.54) is 44.9 Å². The van der Waals surface area contributed by atoms with Crippen LogP contribution < -0.4 is 0 Å². The lowest BCUT2D eigenvalue weighted by molar-refractivity contribution is -0.225. The van der Waals surface area contributed by atoms with Crippen molar-refractivity contribution in [1.29, 1.82) is 0 Å². The van der Waals surface area contributed by atoms with E-state index in [0.29, 0.717) is 10.8 Å². The fourth-order valence-electron chi connectivity index (χ4n) is 7.73. The summed E-state index contributed by atoms with van der Waals surface area (Å²) in [6, 6.07) is 0. The molecule has 3 saturated carbocycles. The van der Waals surface area contributed by atoms with Crippen molar-refractivity contribution in [3.8, 4) is 0 Å². The van der Waals surface area contributed by atoms with Gasteiger partial charge in [-0.2, -0.15) is 0 Å². The fraction of sp³-hybridized carbons (Fsp3) is 0.905. The molecule has 2 heteroatoms. The lowest BCUT2D eigenvalue weighted by Crippen LogP contribution is -2.59. The largest absolute Gasteiger partial charge is 0.393 e. The van der Waals surface area contributed by atoms with Crippen LogP contribution >= 0.6 is 0 Å². The van der Waals surface area contributed by atoms with Gasteiger partial charge in [0.1, 0.15) is 0 Å². The van der Waals surface area contributed by atoms with Crippen LogP contribution in [0.15, 0.2) is 11.6 Å².